The first kappa shape index (κ1) is 16.3. The van der Waals surface area contributed by atoms with Gasteiger partial charge in [0.2, 0.25) is 0 Å². The van der Waals surface area contributed by atoms with Crippen molar-refractivity contribution >= 4 is 40.2 Å². The highest BCUT2D eigenvalue weighted by molar-refractivity contribution is 14.1. The smallest absolute Gasteiger partial charge is 0.340 e. The zero-order valence-electron chi connectivity index (χ0n) is 11.3. The quantitative estimate of drug-likeness (QED) is 0.614. The maximum atomic E-state index is 13.7. The third-order valence-electron chi connectivity index (χ3n) is 2.82. The van der Waals surface area contributed by atoms with Gasteiger partial charge in [-0.1, -0.05) is 0 Å². The van der Waals surface area contributed by atoms with Gasteiger partial charge in [0.25, 0.3) is 5.91 Å². The van der Waals surface area contributed by atoms with E-state index in [0.29, 0.717) is 11.6 Å². The van der Waals surface area contributed by atoms with Crippen LogP contribution >= 0.6 is 22.6 Å². The fourth-order valence-corrected chi connectivity index (χ4v) is 2.07. The van der Waals surface area contributed by atoms with Crippen LogP contribution in [0.15, 0.2) is 36.4 Å². The molecule has 0 unspecified atom stereocenters. The zero-order chi connectivity index (χ0) is 16.3. The largest absolute Gasteiger partial charge is 0.465 e. The molecule has 0 aliphatic heterocycles. The van der Waals surface area contributed by atoms with Gasteiger partial charge in [0.05, 0.1) is 18.4 Å². The van der Waals surface area contributed by atoms with Gasteiger partial charge < -0.3 is 10.1 Å². The fraction of sp³-hybridized carbons (Fsp3) is 0.0667. The third-order valence-corrected chi connectivity index (χ3v) is 3.54. The van der Waals surface area contributed by atoms with Crippen LogP contribution in [0.5, 0.6) is 0 Å². The lowest BCUT2D eigenvalue weighted by molar-refractivity contribution is 0.0595. The van der Waals surface area contributed by atoms with Crippen LogP contribution in [0.2, 0.25) is 0 Å². The molecule has 2 aromatic carbocycles. The minimum atomic E-state index is -1.06. The molecule has 0 fully saturated rings. The Balaban J connectivity index is 2.30. The first-order chi connectivity index (χ1) is 10.4. The summed E-state index contributed by atoms with van der Waals surface area (Å²) in [5.41, 5.74) is -0.448. The molecule has 4 nitrogen and oxygen atoms in total. The summed E-state index contributed by atoms with van der Waals surface area (Å²) in [6, 6.07) is 8.00. The summed E-state index contributed by atoms with van der Waals surface area (Å²) >= 11 is 2.08. The molecule has 0 bridgehead atoms. The van der Waals surface area contributed by atoms with Crippen LogP contribution in [0.3, 0.4) is 0 Å². The number of methoxy groups -OCH3 is 1. The minimum Gasteiger partial charge on any atom is -0.465 e. The molecule has 0 aliphatic carbocycles. The van der Waals surface area contributed by atoms with Gasteiger partial charge in [-0.3, -0.25) is 4.79 Å². The number of halogens is 3. The summed E-state index contributed by atoms with van der Waals surface area (Å²) in [6.45, 7) is 0. The minimum absolute atomic E-state index is 0.301. The van der Waals surface area contributed by atoms with Gasteiger partial charge in [-0.15, -0.1) is 0 Å². The Morgan fingerprint density at radius 3 is 2.32 bits per heavy atom. The number of benzene rings is 2. The zero-order valence-corrected chi connectivity index (χ0v) is 13.5. The van der Waals surface area contributed by atoms with Crippen molar-refractivity contribution in [1.82, 2.24) is 0 Å². The normalized spacial score (nSPS) is 10.2. The van der Waals surface area contributed by atoms with Gasteiger partial charge >= 0.3 is 5.97 Å². The lowest BCUT2D eigenvalue weighted by Gasteiger charge is -2.09. The van der Waals surface area contributed by atoms with Gasteiger partial charge in [0.1, 0.15) is 11.6 Å². The molecule has 0 atom stereocenters. The van der Waals surface area contributed by atoms with Crippen molar-refractivity contribution in [3.05, 3.63) is 62.7 Å². The van der Waals surface area contributed by atoms with Gasteiger partial charge in [-0.2, -0.15) is 0 Å². The maximum Gasteiger partial charge on any atom is 0.340 e. The second kappa shape index (κ2) is 6.82. The number of nitrogens with one attached hydrogen (secondary N) is 1. The Morgan fingerprint density at radius 2 is 1.73 bits per heavy atom. The van der Waals surface area contributed by atoms with Crippen LogP contribution < -0.4 is 5.32 Å². The Hall–Kier alpha value is -2.03. The van der Waals surface area contributed by atoms with Gasteiger partial charge in [0.15, 0.2) is 0 Å². The molecular formula is C15H10F2INO3. The second-order valence-electron chi connectivity index (χ2n) is 4.26. The molecule has 0 heterocycles. The van der Waals surface area contributed by atoms with E-state index in [1.165, 1.54) is 0 Å². The van der Waals surface area contributed by atoms with E-state index in [9.17, 15) is 18.4 Å². The summed E-state index contributed by atoms with van der Waals surface area (Å²) in [6.07, 6.45) is 0. The van der Waals surface area contributed by atoms with E-state index in [4.69, 9.17) is 0 Å². The Kier molecular flexibility index (Phi) is 5.07. The lowest BCUT2D eigenvalue weighted by Crippen LogP contribution is -2.14. The van der Waals surface area contributed by atoms with Crippen molar-refractivity contribution in [1.29, 1.82) is 0 Å². The highest BCUT2D eigenvalue weighted by Crippen LogP contribution is 2.21. The van der Waals surface area contributed by atoms with Crippen LogP contribution in [-0.4, -0.2) is 19.0 Å². The van der Waals surface area contributed by atoms with Crippen molar-refractivity contribution in [2.24, 2.45) is 0 Å². The molecule has 0 spiro atoms. The molecule has 22 heavy (non-hydrogen) atoms. The first-order valence-corrected chi connectivity index (χ1v) is 7.14. The van der Waals surface area contributed by atoms with Crippen LogP contribution in [0, 0.1) is 15.2 Å². The molecule has 7 heteroatoms. The van der Waals surface area contributed by atoms with E-state index in [1.807, 2.05) is 0 Å². The number of amides is 1. The number of carbonyl (C=O) groups excluding carboxylic acids is 2. The summed E-state index contributed by atoms with van der Waals surface area (Å²) in [4.78, 5) is 23.4. The van der Waals surface area contributed by atoms with Crippen LogP contribution in [0.25, 0.3) is 0 Å². The van der Waals surface area contributed by atoms with Crippen LogP contribution in [-0.2, 0) is 4.74 Å². The highest BCUT2D eigenvalue weighted by Gasteiger charge is 2.18. The maximum absolute atomic E-state index is 13.7. The predicted octanol–water partition coefficient (Wildman–Crippen LogP) is 3.61. The van der Waals surface area contributed by atoms with Crippen molar-refractivity contribution < 1.29 is 23.1 Å². The molecule has 2 aromatic rings. The first-order valence-electron chi connectivity index (χ1n) is 6.06. The molecule has 0 radical (unpaired) electrons. The Labute approximate surface area is 138 Å². The van der Waals surface area contributed by atoms with Crippen molar-refractivity contribution in [3.8, 4) is 0 Å². The molecule has 1 amide bonds. The van der Waals surface area contributed by atoms with E-state index in [-0.39, 0.29) is 5.69 Å². The third kappa shape index (κ3) is 3.59. The van der Waals surface area contributed by atoms with E-state index in [1.54, 1.807) is 24.3 Å². The Bertz CT molecular complexity index is 732. The van der Waals surface area contributed by atoms with E-state index < -0.39 is 29.1 Å². The van der Waals surface area contributed by atoms with Crippen molar-refractivity contribution in [3.63, 3.8) is 0 Å². The van der Waals surface area contributed by atoms with Gasteiger partial charge in [-0.05, 0) is 52.9 Å². The molecule has 0 saturated heterocycles. The lowest BCUT2D eigenvalue weighted by atomic mass is 10.1. The summed E-state index contributed by atoms with van der Waals surface area (Å²) < 4.78 is 32.6. The number of ether oxygens (including phenoxy) is 1. The SMILES string of the molecule is COC(=O)c1cc(NC(=O)c2ccc(I)cc2)c(F)cc1F. The monoisotopic (exact) mass is 417 g/mol. The van der Waals surface area contributed by atoms with Gasteiger partial charge in [0, 0.05) is 15.2 Å². The number of hydrogen-bond acceptors (Lipinski definition) is 3. The number of rotatable bonds is 3. The Morgan fingerprint density at radius 1 is 1.09 bits per heavy atom. The van der Waals surface area contributed by atoms with E-state index in [2.05, 4.69) is 32.6 Å². The number of anilines is 1. The summed E-state index contributed by atoms with van der Waals surface area (Å²) in [5, 5.41) is 2.30. The summed E-state index contributed by atoms with van der Waals surface area (Å²) in [7, 11) is 1.08. The summed E-state index contributed by atoms with van der Waals surface area (Å²) in [5.74, 6) is -3.57. The predicted molar refractivity (Wildman–Crippen MR) is 84.8 cm³/mol. The van der Waals surface area contributed by atoms with E-state index >= 15 is 0 Å². The van der Waals surface area contributed by atoms with Crippen LogP contribution in [0.4, 0.5) is 14.5 Å². The number of esters is 1. The van der Waals surface area contributed by atoms with Crippen molar-refractivity contribution in [2.45, 2.75) is 0 Å². The molecular weight excluding hydrogens is 407 g/mol. The average molecular weight is 417 g/mol. The fourth-order valence-electron chi connectivity index (χ4n) is 1.71. The van der Waals surface area contributed by atoms with Crippen LogP contribution in [0.1, 0.15) is 20.7 Å². The molecule has 0 aliphatic rings. The average Bonchev–Trinajstić information content (AvgIpc) is 2.49. The molecule has 2 rings (SSSR count). The molecule has 0 aromatic heterocycles. The van der Waals surface area contributed by atoms with Gasteiger partial charge in [-0.25, -0.2) is 13.6 Å². The topological polar surface area (TPSA) is 55.4 Å². The second-order valence-corrected chi connectivity index (χ2v) is 5.51. The molecule has 114 valence electrons. The molecule has 1 N–H and O–H groups in total. The standard InChI is InChI=1S/C15H10F2INO3/c1-22-15(21)10-6-13(12(17)7-11(10)16)19-14(20)8-2-4-9(18)5-3-8/h2-7H,1H3,(H,19,20). The van der Waals surface area contributed by atoms with E-state index in [0.717, 1.165) is 16.7 Å². The molecule has 0 saturated carbocycles. The van der Waals surface area contributed by atoms with Crippen molar-refractivity contribution in [2.75, 3.05) is 12.4 Å². The number of hydrogen-bond donors (Lipinski definition) is 1. The number of carbonyl (C=O) groups is 2. The highest BCUT2D eigenvalue weighted by atomic mass is 127.